The molecule has 1 aliphatic heterocycles. The zero-order chi connectivity index (χ0) is 14.2. The predicted molar refractivity (Wildman–Crippen MR) is 73.6 cm³/mol. The van der Waals surface area contributed by atoms with Crippen LogP contribution in [0.4, 0.5) is 5.69 Å². The number of carbonyl (C=O) groups excluding carboxylic acids is 1. The minimum absolute atomic E-state index is 0.0219. The quantitative estimate of drug-likeness (QED) is 0.850. The summed E-state index contributed by atoms with van der Waals surface area (Å²) in [5, 5.41) is 9.17. The number of Topliss-reactive ketones (excluding diaryl/α,β-unsaturated/α-hetero) is 1. The molecule has 1 aliphatic rings. The predicted octanol–water partition coefficient (Wildman–Crippen LogP) is 2.58. The average Bonchev–Trinajstić information content (AvgIpc) is 2.65. The normalized spacial score (nSPS) is 21.4. The highest BCUT2D eigenvalue weighted by molar-refractivity contribution is 5.95. The number of hydrogen-bond acceptors (Lipinski definition) is 3. The van der Waals surface area contributed by atoms with Crippen molar-refractivity contribution >= 4 is 17.4 Å². The zero-order valence-corrected chi connectivity index (χ0v) is 11.5. The molecule has 4 heteroatoms. The van der Waals surface area contributed by atoms with Crippen molar-refractivity contribution in [3.05, 3.63) is 29.8 Å². The molecule has 0 aliphatic carbocycles. The molecular weight excluding hydrogens is 242 g/mol. The number of nitrogens with zero attached hydrogens (tertiary/aromatic N) is 1. The second-order valence-electron chi connectivity index (χ2n) is 5.77. The van der Waals surface area contributed by atoms with Gasteiger partial charge in [0.15, 0.2) is 5.78 Å². The van der Waals surface area contributed by atoms with Crippen LogP contribution in [0.3, 0.4) is 0 Å². The van der Waals surface area contributed by atoms with Crippen LogP contribution in [0.2, 0.25) is 0 Å². The van der Waals surface area contributed by atoms with Gasteiger partial charge in [0.2, 0.25) is 0 Å². The molecule has 2 rings (SSSR count). The lowest BCUT2D eigenvalue weighted by Gasteiger charge is -2.33. The first-order valence-electron chi connectivity index (χ1n) is 6.43. The molecule has 4 nitrogen and oxygen atoms in total. The monoisotopic (exact) mass is 261 g/mol. The van der Waals surface area contributed by atoms with Gasteiger partial charge in [0.05, 0.1) is 5.92 Å². The number of anilines is 1. The van der Waals surface area contributed by atoms with E-state index >= 15 is 0 Å². The van der Waals surface area contributed by atoms with E-state index in [0.29, 0.717) is 18.5 Å². The Morgan fingerprint density at radius 3 is 2.58 bits per heavy atom. The molecule has 1 aromatic rings. The molecule has 1 unspecified atom stereocenters. The van der Waals surface area contributed by atoms with Crippen molar-refractivity contribution in [3.63, 3.8) is 0 Å². The summed E-state index contributed by atoms with van der Waals surface area (Å²) in [6, 6.07) is 7.40. The van der Waals surface area contributed by atoms with Gasteiger partial charge in [0.1, 0.15) is 0 Å². The molecular formula is C15H19NO3. The molecule has 0 spiro atoms. The van der Waals surface area contributed by atoms with E-state index in [0.717, 1.165) is 5.69 Å². The van der Waals surface area contributed by atoms with Gasteiger partial charge in [-0.2, -0.15) is 0 Å². The third kappa shape index (κ3) is 2.62. The number of carboxylic acids is 1. The maximum Gasteiger partial charge on any atom is 0.308 e. The van der Waals surface area contributed by atoms with E-state index in [2.05, 4.69) is 4.90 Å². The Morgan fingerprint density at radius 2 is 2.05 bits per heavy atom. The van der Waals surface area contributed by atoms with E-state index in [4.69, 9.17) is 0 Å². The van der Waals surface area contributed by atoms with Crippen LogP contribution >= 0.6 is 0 Å². The molecule has 1 aromatic carbocycles. The second-order valence-corrected chi connectivity index (χ2v) is 5.77. The van der Waals surface area contributed by atoms with E-state index in [9.17, 15) is 14.7 Å². The molecule has 19 heavy (non-hydrogen) atoms. The molecule has 1 fully saturated rings. The van der Waals surface area contributed by atoms with Gasteiger partial charge in [-0.15, -0.1) is 0 Å². The van der Waals surface area contributed by atoms with Crippen LogP contribution in [0.25, 0.3) is 0 Å². The van der Waals surface area contributed by atoms with Crippen LogP contribution in [0.15, 0.2) is 24.3 Å². The molecule has 0 amide bonds. The van der Waals surface area contributed by atoms with Crippen LogP contribution < -0.4 is 4.90 Å². The van der Waals surface area contributed by atoms with Gasteiger partial charge in [-0.3, -0.25) is 9.59 Å². The number of carbonyl (C=O) groups is 2. The smallest absolute Gasteiger partial charge is 0.308 e. The van der Waals surface area contributed by atoms with Crippen molar-refractivity contribution < 1.29 is 14.7 Å². The van der Waals surface area contributed by atoms with Crippen molar-refractivity contribution in [1.82, 2.24) is 0 Å². The summed E-state index contributed by atoms with van der Waals surface area (Å²) in [6.07, 6.45) is 0.618. The fourth-order valence-corrected chi connectivity index (χ4v) is 2.76. The van der Waals surface area contributed by atoms with Crippen LogP contribution in [0, 0.1) is 5.92 Å². The van der Waals surface area contributed by atoms with Gasteiger partial charge >= 0.3 is 5.97 Å². The number of ketones is 1. The fraction of sp³-hybridized carbons (Fsp3) is 0.467. The van der Waals surface area contributed by atoms with Crippen molar-refractivity contribution in [2.24, 2.45) is 5.92 Å². The SMILES string of the molecule is CC(=O)c1cccc(N2CC(C(=O)O)CC2(C)C)c1. The van der Waals surface area contributed by atoms with Gasteiger partial charge in [-0.05, 0) is 39.3 Å². The highest BCUT2D eigenvalue weighted by atomic mass is 16.4. The van der Waals surface area contributed by atoms with Crippen molar-refractivity contribution in [2.45, 2.75) is 32.7 Å². The molecule has 0 saturated carbocycles. The summed E-state index contributed by atoms with van der Waals surface area (Å²) in [4.78, 5) is 24.7. The van der Waals surface area contributed by atoms with Crippen LogP contribution in [0.1, 0.15) is 37.6 Å². The first-order chi connectivity index (χ1) is 8.81. The van der Waals surface area contributed by atoms with Crippen LogP contribution in [-0.2, 0) is 4.79 Å². The first-order valence-corrected chi connectivity index (χ1v) is 6.43. The number of benzene rings is 1. The van der Waals surface area contributed by atoms with Crippen molar-refractivity contribution in [2.75, 3.05) is 11.4 Å². The lowest BCUT2D eigenvalue weighted by molar-refractivity contribution is -0.141. The second kappa shape index (κ2) is 4.68. The third-order valence-corrected chi connectivity index (χ3v) is 3.79. The Bertz CT molecular complexity index is 522. The van der Waals surface area contributed by atoms with E-state index in [-0.39, 0.29) is 17.2 Å². The summed E-state index contributed by atoms with van der Waals surface area (Å²) < 4.78 is 0. The highest BCUT2D eigenvalue weighted by Crippen LogP contribution is 2.37. The minimum atomic E-state index is -0.752. The molecule has 1 atom stereocenters. The Kier molecular flexibility index (Phi) is 3.35. The maximum absolute atomic E-state index is 11.4. The molecule has 0 aromatic heterocycles. The zero-order valence-electron chi connectivity index (χ0n) is 11.5. The minimum Gasteiger partial charge on any atom is -0.481 e. The van der Waals surface area contributed by atoms with E-state index < -0.39 is 5.97 Å². The molecule has 0 bridgehead atoms. The molecule has 1 N–H and O–H groups in total. The summed E-state index contributed by atoms with van der Waals surface area (Å²) in [6.45, 7) is 6.10. The van der Waals surface area contributed by atoms with E-state index in [1.807, 2.05) is 32.0 Å². The molecule has 1 heterocycles. The number of hydrogen-bond donors (Lipinski definition) is 1. The fourth-order valence-electron chi connectivity index (χ4n) is 2.76. The largest absolute Gasteiger partial charge is 0.481 e. The van der Waals surface area contributed by atoms with Gasteiger partial charge < -0.3 is 10.0 Å². The van der Waals surface area contributed by atoms with Crippen molar-refractivity contribution in [3.8, 4) is 0 Å². The summed E-state index contributed by atoms with van der Waals surface area (Å²) in [5.74, 6) is -1.08. The third-order valence-electron chi connectivity index (χ3n) is 3.79. The van der Waals surface area contributed by atoms with Crippen LogP contribution in [-0.4, -0.2) is 28.9 Å². The summed E-state index contributed by atoms with van der Waals surface area (Å²) >= 11 is 0. The van der Waals surface area contributed by atoms with Crippen molar-refractivity contribution in [1.29, 1.82) is 0 Å². The molecule has 102 valence electrons. The number of rotatable bonds is 3. The summed E-state index contributed by atoms with van der Waals surface area (Å²) in [7, 11) is 0. The van der Waals surface area contributed by atoms with Gasteiger partial charge in [-0.1, -0.05) is 12.1 Å². The Hall–Kier alpha value is -1.84. The lowest BCUT2D eigenvalue weighted by Crippen LogP contribution is -2.38. The Morgan fingerprint density at radius 1 is 1.37 bits per heavy atom. The topological polar surface area (TPSA) is 57.6 Å². The average molecular weight is 261 g/mol. The highest BCUT2D eigenvalue weighted by Gasteiger charge is 2.41. The van der Waals surface area contributed by atoms with Crippen LogP contribution in [0.5, 0.6) is 0 Å². The summed E-state index contributed by atoms with van der Waals surface area (Å²) in [5.41, 5.74) is 1.37. The van der Waals surface area contributed by atoms with Gasteiger partial charge in [-0.25, -0.2) is 0 Å². The number of aliphatic carboxylic acids is 1. The standard InChI is InChI=1S/C15H19NO3/c1-10(17)11-5-4-6-13(7-11)16-9-12(14(18)19)8-15(16,2)3/h4-7,12H,8-9H2,1-3H3,(H,18,19). The van der Waals surface area contributed by atoms with E-state index in [1.165, 1.54) is 6.92 Å². The number of carboxylic acid groups (broad SMARTS) is 1. The Labute approximate surface area is 113 Å². The van der Waals surface area contributed by atoms with Gasteiger partial charge in [0.25, 0.3) is 0 Å². The molecule has 1 saturated heterocycles. The van der Waals surface area contributed by atoms with Gasteiger partial charge in [0, 0.05) is 23.3 Å². The first kappa shape index (κ1) is 13.6. The maximum atomic E-state index is 11.4. The van der Waals surface area contributed by atoms with E-state index in [1.54, 1.807) is 6.07 Å². The molecule has 0 radical (unpaired) electrons. The Balaban J connectivity index is 2.33. The lowest BCUT2D eigenvalue weighted by atomic mass is 9.96.